The molecule has 1 fully saturated rings. The highest BCUT2D eigenvalue weighted by molar-refractivity contribution is 5.84. The maximum atomic E-state index is 13.1. The molecule has 0 aromatic heterocycles. The minimum absolute atomic E-state index is 0.0476. The predicted octanol–water partition coefficient (Wildman–Crippen LogP) is 4.84. The molecule has 1 amide bonds. The van der Waals surface area contributed by atoms with Crippen molar-refractivity contribution in [3.05, 3.63) is 46.3 Å². The van der Waals surface area contributed by atoms with Crippen molar-refractivity contribution in [3.8, 4) is 0 Å². The molecule has 8 nitrogen and oxygen atoms in total. The summed E-state index contributed by atoms with van der Waals surface area (Å²) in [4.78, 5) is 30.1. The summed E-state index contributed by atoms with van der Waals surface area (Å²) < 4.78 is 11.0. The molecule has 2 atom stereocenters. The van der Waals surface area contributed by atoms with E-state index in [9.17, 15) is 15.1 Å². The van der Waals surface area contributed by atoms with E-state index >= 15 is 0 Å². The smallest absolute Gasteiger partial charge is 0.410 e. The molecule has 1 aromatic carbocycles. The van der Waals surface area contributed by atoms with Crippen LogP contribution in [0.15, 0.2) is 35.4 Å². The van der Waals surface area contributed by atoms with Crippen molar-refractivity contribution in [3.63, 3.8) is 0 Å². The van der Waals surface area contributed by atoms with Crippen molar-refractivity contribution in [1.82, 2.24) is 4.90 Å². The van der Waals surface area contributed by atoms with Gasteiger partial charge in [0, 0.05) is 23.9 Å². The Morgan fingerprint density at radius 3 is 2.59 bits per heavy atom. The number of ether oxygens (including phenoxy) is 2. The van der Waals surface area contributed by atoms with Crippen LogP contribution < -0.4 is 0 Å². The summed E-state index contributed by atoms with van der Waals surface area (Å²) in [5.74, 6) is -0.930. The fourth-order valence-electron chi connectivity index (χ4n) is 3.46. The SMILES string of the molecule is CCCC[C@H]1CN(C(=O)OC(C)(C)C)C[C@@]1(N=[N+]=[N-])C(=O)OCc1ccccc1. The minimum Gasteiger partial charge on any atom is -0.460 e. The number of azide groups is 1. The van der Waals surface area contributed by atoms with Crippen LogP contribution in [0.1, 0.15) is 52.5 Å². The van der Waals surface area contributed by atoms with Crippen LogP contribution in [0.3, 0.4) is 0 Å². The monoisotopic (exact) mass is 402 g/mol. The second kappa shape index (κ2) is 9.65. The van der Waals surface area contributed by atoms with Gasteiger partial charge in [0.2, 0.25) is 0 Å². The Hall–Kier alpha value is -2.73. The average molecular weight is 402 g/mol. The third-order valence-electron chi connectivity index (χ3n) is 4.90. The second-order valence-corrected chi connectivity index (χ2v) is 8.38. The Kier molecular flexibility index (Phi) is 7.51. The van der Waals surface area contributed by atoms with Gasteiger partial charge >= 0.3 is 12.1 Å². The van der Waals surface area contributed by atoms with Gasteiger partial charge in [0.25, 0.3) is 0 Å². The first-order valence-electron chi connectivity index (χ1n) is 9.97. The van der Waals surface area contributed by atoms with Crippen LogP contribution in [-0.4, -0.2) is 41.2 Å². The number of unbranched alkanes of at least 4 members (excludes halogenated alkanes) is 1. The fraction of sp³-hybridized carbons (Fsp3) is 0.619. The van der Waals surface area contributed by atoms with Gasteiger partial charge in [-0.05, 0) is 38.3 Å². The zero-order chi connectivity index (χ0) is 21.5. The Bertz CT molecular complexity index is 756. The highest BCUT2D eigenvalue weighted by atomic mass is 16.6. The Balaban J connectivity index is 2.24. The van der Waals surface area contributed by atoms with E-state index in [0.29, 0.717) is 6.42 Å². The van der Waals surface area contributed by atoms with Gasteiger partial charge in [0.05, 0.1) is 0 Å². The first-order chi connectivity index (χ1) is 13.7. The van der Waals surface area contributed by atoms with Crippen molar-refractivity contribution in [2.75, 3.05) is 13.1 Å². The maximum Gasteiger partial charge on any atom is 0.410 e. The third kappa shape index (κ3) is 5.87. The van der Waals surface area contributed by atoms with Crippen molar-refractivity contribution in [1.29, 1.82) is 0 Å². The fourth-order valence-corrected chi connectivity index (χ4v) is 3.46. The molecule has 2 rings (SSSR count). The maximum absolute atomic E-state index is 13.1. The van der Waals surface area contributed by atoms with Crippen LogP contribution in [0, 0.1) is 5.92 Å². The number of benzene rings is 1. The van der Waals surface area contributed by atoms with E-state index in [4.69, 9.17) is 9.47 Å². The molecule has 0 bridgehead atoms. The van der Waals surface area contributed by atoms with Crippen molar-refractivity contribution in [2.45, 2.75) is 64.7 Å². The van der Waals surface area contributed by atoms with E-state index in [2.05, 4.69) is 10.0 Å². The molecule has 1 heterocycles. The summed E-state index contributed by atoms with van der Waals surface area (Å²) >= 11 is 0. The molecule has 1 aliphatic heterocycles. The summed E-state index contributed by atoms with van der Waals surface area (Å²) in [6.07, 6.45) is 1.90. The van der Waals surface area contributed by atoms with Crippen LogP contribution in [0.2, 0.25) is 0 Å². The number of esters is 1. The highest BCUT2D eigenvalue weighted by Crippen LogP contribution is 2.37. The van der Waals surface area contributed by atoms with E-state index in [1.807, 2.05) is 37.3 Å². The first-order valence-corrected chi connectivity index (χ1v) is 9.97. The molecule has 0 N–H and O–H groups in total. The lowest BCUT2D eigenvalue weighted by atomic mass is 9.84. The Labute approximate surface area is 171 Å². The van der Waals surface area contributed by atoms with Gasteiger partial charge in [-0.1, -0.05) is 55.2 Å². The number of likely N-dealkylation sites (tertiary alicyclic amines) is 1. The van der Waals surface area contributed by atoms with Gasteiger partial charge in [-0.2, -0.15) is 0 Å². The van der Waals surface area contributed by atoms with Crippen LogP contribution in [0.4, 0.5) is 4.79 Å². The van der Waals surface area contributed by atoms with Gasteiger partial charge in [-0.3, -0.25) is 4.79 Å². The average Bonchev–Trinajstić information content (AvgIpc) is 3.04. The lowest BCUT2D eigenvalue weighted by Crippen LogP contribution is -2.46. The Morgan fingerprint density at radius 2 is 2.00 bits per heavy atom. The Morgan fingerprint density at radius 1 is 1.31 bits per heavy atom. The molecule has 8 heteroatoms. The summed E-state index contributed by atoms with van der Waals surface area (Å²) in [6.45, 7) is 7.71. The standard InChI is InChI=1S/C21H30N4O4/c1-5-6-12-17-13-25(19(27)29-20(2,3)4)15-21(17,23-24-22)18(26)28-14-16-10-8-7-9-11-16/h7-11,17H,5-6,12-15H2,1-4H3/t17-,21-/m0/s1. The van der Waals surface area contributed by atoms with Crippen molar-refractivity contribution >= 4 is 12.1 Å². The lowest BCUT2D eigenvalue weighted by Gasteiger charge is -2.27. The quantitative estimate of drug-likeness (QED) is 0.282. The van der Waals surface area contributed by atoms with Crippen molar-refractivity contribution < 1.29 is 19.1 Å². The summed E-state index contributed by atoms with van der Waals surface area (Å²) in [7, 11) is 0. The van der Waals surface area contributed by atoms with Gasteiger partial charge in [-0.15, -0.1) is 0 Å². The largest absolute Gasteiger partial charge is 0.460 e. The molecule has 0 aliphatic carbocycles. The van der Waals surface area contributed by atoms with Crippen LogP contribution >= 0.6 is 0 Å². The number of carbonyl (C=O) groups is 2. The van der Waals surface area contributed by atoms with E-state index in [-0.39, 0.29) is 25.6 Å². The second-order valence-electron chi connectivity index (χ2n) is 8.38. The highest BCUT2D eigenvalue weighted by Gasteiger charge is 2.54. The van der Waals surface area contributed by atoms with E-state index in [1.54, 1.807) is 20.8 Å². The van der Waals surface area contributed by atoms with E-state index in [0.717, 1.165) is 18.4 Å². The number of rotatable bonds is 7. The normalized spacial score (nSPS) is 21.4. The van der Waals surface area contributed by atoms with E-state index < -0.39 is 23.2 Å². The third-order valence-corrected chi connectivity index (χ3v) is 4.90. The molecule has 0 saturated carbocycles. The molecule has 158 valence electrons. The molecule has 0 radical (unpaired) electrons. The zero-order valence-corrected chi connectivity index (χ0v) is 17.6. The molecular formula is C21H30N4O4. The summed E-state index contributed by atoms with van der Waals surface area (Å²) in [5.41, 5.74) is 7.93. The molecular weight excluding hydrogens is 372 g/mol. The van der Waals surface area contributed by atoms with Gasteiger partial charge in [0.15, 0.2) is 5.54 Å². The van der Waals surface area contributed by atoms with E-state index in [1.165, 1.54) is 4.90 Å². The van der Waals surface area contributed by atoms with Crippen molar-refractivity contribution in [2.24, 2.45) is 11.0 Å². The molecule has 0 unspecified atom stereocenters. The van der Waals surface area contributed by atoms with Crippen LogP contribution in [-0.2, 0) is 20.9 Å². The molecule has 1 aliphatic rings. The van der Waals surface area contributed by atoms with Crippen LogP contribution in [0.5, 0.6) is 0 Å². The summed E-state index contributed by atoms with van der Waals surface area (Å²) in [6, 6.07) is 9.29. The lowest BCUT2D eigenvalue weighted by molar-refractivity contribution is -0.152. The van der Waals surface area contributed by atoms with Gasteiger partial charge < -0.3 is 14.4 Å². The number of carbonyl (C=O) groups excluding carboxylic acids is 2. The zero-order valence-electron chi connectivity index (χ0n) is 17.6. The summed E-state index contributed by atoms with van der Waals surface area (Å²) in [5, 5.41) is 3.89. The van der Waals surface area contributed by atoms with Crippen LogP contribution in [0.25, 0.3) is 10.4 Å². The predicted molar refractivity (Wildman–Crippen MR) is 109 cm³/mol. The topological polar surface area (TPSA) is 105 Å². The number of amides is 1. The molecule has 29 heavy (non-hydrogen) atoms. The number of nitrogens with zero attached hydrogens (tertiary/aromatic N) is 4. The minimum atomic E-state index is -1.45. The number of hydrogen-bond acceptors (Lipinski definition) is 5. The first kappa shape index (κ1) is 22.6. The molecule has 1 saturated heterocycles. The van der Waals surface area contributed by atoms with Gasteiger partial charge in [0.1, 0.15) is 12.2 Å². The number of hydrogen-bond donors (Lipinski definition) is 0. The molecule has 0 spiro atoms. The van der Waals surface area contributed by atoms with Gasteiger partial charge in [-0.25, -0.2) is 4.79 Å². The molecule has 1 aromatic rings.